The number of aliphatic hydroxyl groups excluding tert-OH is 1. The van der Waals surface area contributed by atoms with Crippen LogP contribution < -0.4 is 0 Å². The highest BCUT2D eigenvalue weighted by atomic mass is 16.3. The molecule has 0 aromatic heterocycles. The molecule has 0 aromatic carbocycles. The van der Waals surface area contributed by atoms with Gasteiger partial charge in [0.05, 0.1) is 0 Å². The number of nitrogens with zero attached hydrogens (tertiary/aromatic N) is 1. The lowest BCUT2D eigenvalue weighted by atomic mass is 10.1. The maximum Gasteiger partial charge on any atom is 0.229 e. The summed E-state index contributed by atoms with van der Waals surface area (Å²) in [6.07, 6.45) is 2.10. The molecule has 1 heterocycles. The highest BCUT2D eigenvalue weighted by molar-refractivity contribution is 5.97. The molecule has 2 amide bonds. The second kappa shape index (κ2) is 4.21. The van der Waals surface area contributed by atoms with E-state index in [0.29, 0.717) is 32.2 Å². The first-order chi connectivity index (χ1) is 5.75. The van der Waals surface area contributed by atoms with Crippen molar-refractivity contribution in [2.24, 2.45) is 0 Å². The van der Waals surface area contributed by atoms with E-state index in [0.717, 1.165) is 0 Å². The zero-order valence-corrected chi connectivity index (χ0v) is 6.95. The van der Waals surface area contributed by atoms with E-state index in [-0.39, 0.29) is 18.4 Å². The molecule has 1 rings (SSSR count). The van der Waals surface area contributed by atoms with Crippen molar-refractivity contribution in [3.8, 4) is 0 Å². The first-order valence-corrected chi connectivity index (χ1v) is 4.20. The van der Waals surface area contributed by atoms with E-state index in [1.807, 2.05) is 0 Å². The molecule has 1 aliphatic heterocycles. The van der Waals surface area contributed by atoms with Gasteiger partial charge in [-0.05, 0) is 12.8 Å². The topological polar surface area (TPSA) is 57.6 Å². The van der Waals surface area contributed by atoms with Crippen LogP contribution >= 0.6 is 0 Å². The molecular weight excluding hydrogens is 158 g/mol. The van der Waals surface area contributed by atoms with E-state index in [1.54, 1.807) is 0 Å². The molecule has 0 radical (unpaired) electrons. The lowest BCUT2D eigenvalue weighted by Crippen LogP contribution is -2.40. The number of likely N-dealkylation sites (tertiary alicyclic amines) is 1. The van der Waals surface area contributed by atoms with E-state index in [9.17, 15) is 9.59 Å². The summed E-state index contributed by atoms with van der Waals surface area (Å²) in [7, 11) is 0. The average molecular weight is 171 g/mol. The molecule has 1 saturated heterocycles. The van der Waals surface area contributed by atoms with Crippen molar-refractivity contribution in [3.05, 3.63) is 0 Å². The summed E-state index contributed by atoms with van der Waals surface area (Å²) in [4.78, 5) is 23.5. The van der Waals surface area contributed by atoms with Gasteiger partial charge < -0.3 is 5.11 Å². The lowest BCUT2D eigenvalue weighted by Gasteiger charge is -2.24. The zero-order valence-electron chi connectivity index (χ0n) is 6.95. The summed E-state index contributed by atoms with van der Waals surface area (Å²) in [6, 6.07) is 0. The van der Waals surface area contributed by atoms with Gasteiger partial charge in [0, 0.05) is 26.0 Å². The monoisotopic (exact) mass is 171 g/mol. The molecular formula is C8H13NO3. The van der Waals surface area contributed by atoms with Gasteiger partial charge in [-0.1, -0.05) is 0 Å². The van der Waals surface area contributed by atoms with E-state index in [1.165, 1.54) is 4.90 Å². The van der Waals surface area contributed by atoms with Crippen molar-refractivity contribution in [2.45, 2.75) is 25.7 Å². The van der Waals surface area contributed by atoms with Crippen LogP contribution in [-0.2, 0) is 9.59 Å². The zero-order chi connectivity index (χ0) is 8.97. The maximum absolute atomic E-state index is 11.1. The third kappa shape index (κ3) is 2.04. The van der Waals surface area contributed by atoms with E-state index < -0.39 is 0 Å². The SMILES string of the molecule is O=C1CCCC(=O)N1CCCO. The Morgan fingerprint density at radius 1 is 1.25 bits per heavy atom. The minimum atomic E-state index is -0.0975. The number of piperidine rings is 1. The fraction of sp³-hybridized carbons (Fsp3) is 0.750. The molecule has 1 N–H and O–H groups in total. The number of hydrogen-bond acceptors (Lipinski definition) is 3. The molecule has 0 spiro atoms. The maximum atomic E-state index is 11.1. The fourth-order valence-corrected chi connectivity index (χ4v) is 1.28. The first-order valence-electron chi connectivity index (χ1n) is 4.20. The molecule has 0 bridgehead atoms. The predicted octanol–water partition coefficient (Wildman–Crippen LogP) is -0.0921. The number of imide groups is 1. The van der Waals surface area contributed by atoms with Crippen LogP contribution in [0.15, 0.2) is 0 Å². The van der Waals surface area contributed by atoms with Gasteiger partial charge >= 0.3 is 0 Å². The first kappa shape index (κ1) is 9.19. The number of hydrogen-bond donors (Lipinski definition) is 1. The molecule has 4 heteroatoms. The second-order valence-corrected chi connectivity index (χ2v) is 2.87. The summed E-state index contributed by atoms with van der Waals surface area (Å²) >= 11 is 0. The van der Waals surface area contributed by atoms with Crippen molar-refractivity contribution in [2.75, 3.05) is 13.2 Å². The Balaban J connectivity index is 2.45. The average Bonchev–Trinajstić information content (AvgIpc) is 2.04. The third-order valence-electron chi connectivity index (χ3n) is 1.92. The largest absolute Gasteiger partial charge is 0.396 e. The van der Waals surface area contributed by atoms with Crippen LogP contribution in [0.5, 0.6) is 0 Å². The molecule has 1 fully saturated rings. The number of amides is 2. The number of carbonyl (C=O) groups is 2. The Bertz CT molecular complexity index is 175. The van der Waals surface area contributed by atoms with E-state index >= 15 is 0 Å². The van der Waals surface area contributed by atoms with Gasteiger partial charge in [-0.15, -0.1) is 0 Å². The fourth-order valence-electron chi connectivity index (χ4n) is 1.28. The van der Waals surface area contributed by atoms with Gasteiger partial charge in [0.15, 0.2) is 0 Å². The Kier molecular flexibility index (Phi) is 3.22. The minimum absolute atomic E-state index is 0.0249. The Labute approximate surface area is 71.2 Å². The van der Waals surface area contributed by atoms with Crippen LogP contribution in [0.1, 0.15) is 25.7 Å². The van der Waals surface area contributed by atoms with Gasteiger partial charge in [-0.3, -0.25) is 14.5 Å². The molecule has 12 heavy (non-hydrogen) atoms. The Morgan fingerprint density at radius 2 is 1.83 bits per heavy atom. The summed E-state index contributed by atoms with van der Waals surface area (Å²) < 4.78 is 0. The summed E-state index contributed by atoms with van der Waals surface area (Å²) in [5, 5.41) is 8.52. The quantitative estimate of drug-likeness (QED) is 0.604. The van der Waals surface area contributed by atoms with E-state index in [2.05, 4.69) is 0 Å². The summed E-state index contributed by atoms with van der Waals surface area (Å²) in [6.45, 7) is 0.394. The smallest absolute Gasteiger partial charge is 0.229 e. The van der Waals surface area contributed by atoms with Crippen molar-refractivity contribution in [1.29, 1.82) is 0 Å². The molecule has 4 nitrogen and oxygen atoms in total. The van der Waals surface area contributed by atoms with Gasteiger partial charge in [-0.25, -0.2) is 0 Å². The second-order valence-electron chi connectivity index (χ2n) is 2.87. The number of rotatable bonds is 3. The standard InChI is InChI=1S/C8H13NO3/c10-6-2-5-9-7(11)3-1-4-8(9)12/h10H,1-6H2. The Morgan fingerprint density at radius 3 is 2.33 bits per heavy atom. The molecule has 0 saturated carbocycles. The summed E-state index contributed by atoms with van der Waals surface area (Å²) in [5.41, 5.74) is 0. The molecule has 0 aromatic rings. The van der Waals surface area contributed by atoms with Crippen LogP contribution in [0, 0.1) is 0 Å². The van der Waals surface area contributed by atoms with Crippen LogP contribution in [0.3, 0.4) is 0 Å². The molecule has 0 atom stereocenters. The van der Waals surface area contributed by atoms with Crippen LogP contribution in [-0.4, -0.2) is 35.0 Å². The molecule has 68 valence electrons. The Hall–Kier alpha value is -0.900. The lowest BCUT2D eigenvalue weighted by molar-refractivity contribution is -0.148. The van der Waals surface area contributed by atoms with Gasteiger partial charge in [-0.2, -0.15) is 0 Å². The highest BCUT2D eigenvalue weighted by Crippen LogP contribution is 2.11. The van der Waals surface area contributed by atoms with Crippen LogP contribution in [0.4, 0.5) is 0 Å². The normalized spacial score (nSPS) is 18.6. The van der Waals surface area contributed by atoms with Gasteiger partial charge in [0.25, 0.3) is 0 Å². The predicted molar refractivity (Wildman–Crippen MR) is 42.3 cm³/mol. The molecule has 0 aliphatic carbocycles. The van der Waals surface area contributed by atoms with Crippen LogP contribution in [0.2, 0.25) is 0 Å². The van der Waals surface area contributed by atoms with E-state index in [4.69, 9.17) is 5.11 Å². The summed E-state index contributed by atoms with van der Waals surface area (Å²) in [5.74, 6) is -0.195. The molecule has 0 unspecified atom stereocenters. The minimum Gasteiger partial charge on any atom is -0.396 e. The number of aliphatic hydroxyl groups is 1. The highest BCUT2D eigenvalue weighted by Gasteiger charge is 2.24. The number of carbonyl (C=O) groups excluding carboxylic acids is 2. The van der Waals surface area contributed by atoms with Crippen molar-refractivity contribution >= 4 is 11.8 Å². The van der Waals surface area contributed by atoms with Gasteiger partial charge in [0.2, 0.25) is 11.8 Å². The van der Waals surface area contributed by atoms with Crippen molar-refractivity contribution in [1.82, 2.24) is 4.90 Å². The van der Waals surface area contributed by atoms with Crippen molar-refractivity contribution < 1.29 is 14.7 Å². The van der Waals surface area contributed by atoms with Gasteiger partial charge in [0.1, 0.15) is 0 Å². The third-order valence-corrected chi connectivity index (χ3v) is 1.92. The van der Waals surface area contributed by atoms with Crippen LogP contribution in [0.25, 0.3) is 0 Å². The van der Waals surface area contributed by atoms with Crippen molar-refractivity contribution in [3.63, 3.8) is 0 Å². The molecule has 1 aliphatic rings.